The molecule has 0 radical (unpaired) electrons. The molecule has 0 aromatic carbocycles. The molecule has 1 saturated carbocycles. The molecule has 1 heterocycles. The van der Waals surface area contributed by atoms with Crippen molar-refractivity contribution in [1.29, 1.82) is 0 Å². The highest BCUT2D eigenvalue weighted by atomic mass is 16.3. The predicted octanol–water partition coefficient (Wildman–Crippen LogP) is 0.449. The van der Waals surface area contributed by atoms with E-state index in [4.69, 9.17) is 11.5 Å². The van der Waals surface area contributed by atoms with Crippen molar-refractivity contribution in [2.24, 2.45) is 5.73 Å². The number of hydrogen-bond donors (Lipinski definition) is 3. The van der Waals surface area contributed by atoms with Gasteiger partial charge in [0.05, 0.1) is 5.60 Å². The Kier molecular flexibility index (Phi) is 2.63. The van der Waals surface area contributed by atoms with Crippen molar-refractivity contribution in [3.8, 4) is 0 Å². The number of aromatic nitrogens is 1. The van der Waals surface area contributed by atoms with Crippen LogP contribution in [0, 0.1) is 0 Å². The van der Waals surface area contributed by atoms with E-state index in [-0.39, 0.29) is 6.04 Å². The Labute approximate surface area is 89.3 Å². The van der Waals surface area contributed by atoms with Gasteiger partial charge in [-0.25, -0.2) is 0 Å². The van der Waals surface area contributed by atoms with Crippen LogP contribution in [-0.4, -0.2) is 21.7 Å². The molecule has 1 aromatic rings. The highest BCUT2D eigenvalue weighted by Crippen LogP contribution is 2.32. The average molecular weight is 207 g/mol. The van der Waals surface area contributed by atoms with E-state index in [2.05, 4.69) is 4.98 Å². The normalized spacial score (nSPS) is 30.7. The van der Waals surface area contributed by atoms with Gasteiger partial charge in [-0.2, -0.15) is 0 Å². The van der Waals surface area contributed by atoms with Crippen LogP contribution in [0.1, 0.15) is 24.8 Å². The van der Waals surface area contributed by atoms with Crippen LogP contribution >= 0.6 is 0 Å². The Morgan fingerprint density at radius 2 is 2.40 bits per heavy atom. The van der Waals surface area contributed by atoms with Crippen molar-refractivity contribution in [2.75, 3.05) is 5.73 Å². The van der Waals surface area contributed by atoms with Gasteiger partial charge in [0.15, 0.2) is 0 Å². The summed E-state index contributed by atoms with van der Waals surface area (Å²) in [6.07, 6.45) is 6.22. The van der Waals surface area contributed by atoms with E-state index in [0.29, 0.717) is 18.5 Å². The zero-order chi connectivity index (χ0) is 10.9. The third kappa shape index (κ3) is 2.27. The van der Waals surface area contributed by atoms with Gasteiger partial charge < -0.3 is 16.6 Å². The van der Waals surface area contributed by atoms with Gasteiger partial charge in [0.2, 0.25) is 0 Å². The molecule has 0 aliphatic heterocycles. The molecule has 1 aromatic heterocycles. The molecule has 5 N–H and O–H groups in total. The molecule has 0 spiro atoms. The fraction of sp³-hybridized carbons (Fsp3) is 0.545. The van der Waals surface area contributed by atoms with E-state index in [1.54, 1.807) is 18.5 Å². The number of nitrogens with zero attached hydrogens (tertiary/aromatic N) is 1. The van der Waals surface area contributed by atoms with Crippen LogP contribution < -0.4 is 11.5 Å². The van der Waals surface area contributed by atoms with Crippen molar-refractivity contribution < 1.29 is 5.11 Å². The fourth-order valence-electron chi connectivity index (χ4n) is 2.25. The largest absolute Gasteiger partial charge is 0.398 e. The maximum Gasteiger partial charge on any atom is 0.0704 e. The van der Waals surface area contributed by atoms with Crippen LogP contribution in [-0.2, 0) is 6.42 Å². The maximum absolute atomic E-state index is 10.3. The molecule has 2 rings (SSSR count). The van der Waals surface area contributed by atoms with Gasteiger partial charge in [0.25, 0.3) is 0 Å². The molecule has 1 fully saturated rings. The summed E-state index contributed by atoms with van der Waals surface area (Å²) in [5.41, 5.74) is 12.5. The van der Waals surface area contributed by atoms with Crippen molar-refractivity contribution in [2.45, 2.75) is 37.3 Å². The standard InChI is InChI=1S/C11H17N3O/c12-9-1-3-11(15,6-9)5-8-7-14-4-2-10(8)13/h2,4,7,9,15H,1,3,5-6,12H2,(H2,13,14). The highest BCUT2D eigenvalue weighted by Gasteiger charge is 2.36. The number of nitrogens with two attached hydrogens (primary N) is 2. The summed E-state index contributed by atoms with van der Waals surface area (Å²) in [5, 5.41) is 10.3. The van der Waals surface area contributed by atoms with Gasteiger partial charge in [-0.05, 0) is 30.9 Å². The van der Waals surface area contributed by atoms with Gasteiger partial charge in [0, 0.05) is 30.5 Å². The van der Waals surface area contributed by atoms with Gasteiger partial charge in [-0.15, -0.1) is 0 Å². The predicted molar refractivity (Wildman–Crippen MR) is 59.1 cm³/mol. The van der Waals surface area contributed by atoms with Crippen LogP contribution in [0.4, 0.5) is 5.69 Å². The highest BCUT2D eigenvalue weighted by molar-refractivity contribution is 5.45. The first kappa shape index (κ1) is 10.4. The molecule has 2 atom stereocenters. The molecule has 0 saturated heterocycles. The topological polar surface area (TPSA) is 85.2 Å². The lowest BCUT2D eigenvalue weighted by Crippen LogP contribution is -2.30. The molecule has 15 heavy (non-hydrogen) atoms. The Hall–Kier alpha value is -1.13. The SMILES string of the molecule is Nc1ccncc1CC1(O)CCC(N)C1. The number of hydrogen-bond acceptors (Lipinski definition) is 4. The number of nitrogen functional groups attached to an aromatic ring is 1. The first-order chi connectivity index (χ1) is 7.09. The molecule has 82 valence electrons. The second-order valence-electron chi connectivity index (χ2n) is 4.48. The molecule has 0 bridgehead atoms. The second-order valence-corrected chi connectivity index (χ2v) is 4.48. The quantitative estimate of drug-likeness (QED) is 0.657. The third-order valence-electron chi connectivity index (χ3n) is 3.08. The van der Waals surface area contributed by atoms with E-state index >= 15 is 0 Å². The van der Waals surface area contributed by atoms with Crippen molar-refractivity contribution in [1.82, 2.24) is 4.98 Å². The molecule has 4 nitrogen and oxygen atoms in total. The van der Waals surface area contributed by atoms with Crippen LogP contribution in [0.3, 0.4) is 0 Å². The number of aliphatic hydroxyl groups is 1. The molecule has 1 aliphatic rings. The van der Waals surface area contributed by atoms with Gasteiger partial charge in [-0.1, -0.05) is 0 Å². The lowest BCUT2D eigenvalue weighted by molar-refractivity contribution is 0.0469. The van der Waals surface area contributed by atoms with Crippen LogP contribution in [0.5, 0.6) is 0 Å². The Morgan fingerprint density at radius 1 is 1.60 bits per heavy atom. The summed E-state index contributed by atoms with van der Waals surface area (Å²) < 4.78 is 0. The van der Waals surface area contributed by atoms with Crippen LogP contribution in [0.15, 0.2) is 18.5 Å². The molecular weight excluding hydrogens is 190 g/mol. The average Bonchev–Trinajstić information content (AvgIpc) is 2.51. The zero-order valence-electron chi connectivity index (χ0n) is 8.69. The summed E-state index contributed by atoms with van der Waals surface area (Å²) in [6, 6.07) is 1.88. The minimum Gasteiger partial charge on any atom is -0.398 e. The minimum absolute atomic E-state index is 0.118. The Bertz CT molecular complexity index is 355. The van der Waals surface area contributed by atoms with Gasteiger partial charge >= 0.3 is 0 Å². The number of rotatable bonds is 2. The lowest BCUT2D eigenvalue weighted by Gasteiger charge is -2.22. The molecule has 4 heteroatoms. The lowest BCUT2D eigenvalue weighted by atomic mass is 9.93. The van der Waals surface area contributed by atoms with Crippen molar-refractivity contribution >= 4 is 5.69 Å². The third-order valence-corrected chi connectivity index (χ3v) is 3.08. The van der Waals surface area contributed by atoms with Gasteiger partial charge in [0.1, 0.15) is 0 Å². The first-order valence-electron chi connectivity index (χ1n) is 5.25. The molecule has 1 aliphatic carbocycles. The molecular formula is C11H17N3O. The van der Waals surface area contributed by atoms with E-state index in [1.807, 2.05) is 0 Å². The Balaban J connectivity index is 2.12. The fourth-order valence-corrected chi connectivity index (χ4v) is 2.25. The molecule has 2 unspecified atom stereocenters. The minimum atomic E-state index is -0.684. The van der Waals surface area contributed by atoms with Crippen LogP contribution in [0.2, 0.25) is 0 Å². The Morgan fingerprint density at radius 3 is 3.00 bits per heavy atom. The van der Waals surface area contributed by atoms with E-state index in [0.717, 1.165) is 18.4 Å². The second kappa shape index (κ2) is 3.79. The van der Waals surface area contributed by atoms with E-state index in [1.165, 1.54) is 0 Å². The summed E-state index contributed by atoms with van der Waals surface area (Å²) in [6.45, 7) is 0. The summed E-state index contributed by atoms with van der Waals surface area (Å²) >= 11 is 0. The molecule has 0 amide bonds. The van der Waals surface area contributed by atoms with Gasteiger partial charge in [-0.3, -0.25) is 4.98 Å². The van der Waals surface area contributed by atoms with Crippen molar-refractivity contribution in [3.05, 3.63) is 24.0 Å². The smallest absolute Gasteiger partial charge is 0.0704 e. The first-order valence-corrected chi connectivity index (χ1v) is 5.25. The summed E-state index contributed by atoms with van der Waals surface area (Å²) in [7, 11) is 0. The summed E-state index contributed by atoms with van der Waals surface area (Å²) in [4.78, 5) is 4.02. The zero-order valence-corrected chi connectivity index (χ0v) is 8.69. The number of anilines is 1. The monoisotopic (exact) mass is 207 g/mol. The number of pyridine rings is 1. The maximum atomic E-state index is 10.3. The van der Waals surface area contributed by atoms with E-state index in [9.17, 15) is 5.11 Å². The summed E-state index contributed by atoms with van der Waals surface area (Å²) in [5.74, 6) is 0. The van der Waals surface area contributed by atoms with Crippen molar-refractivity contribution in [3.63, 3.8) is 0 Å². The van der Waals surface area contributed by atoms with E-state index < -0.39 is 5.60 Å². The van der Waals surface area contributed by atoms with Crippen LogP contribution in [0.25, 0.3) is 0 Å².